The molecule has 0 saturated heterocycles. The zero-order valence-electron chi connectivity index (χ0n) is 11.9. The van der Waals surface area contributed by atoms with Crippen molar-refractivity contribution in [2.75, 3.05) is 31.0 Å². The van der Waals surface area contributed by atoms with Crippen LogP contribution in [0.5, 0.6) is 0 Å². The molecule has 20 heavy (non-hydrogen) atoms. The van der Waals surface area contributed by atoms with Gasteiger partial charge < -0.3 is 15.3 Å². The molecule has 0 radical (unpaired) electrons. The van der Waals surface area contributed by atoms with E-state index in [1.165, 1.54) is 0 Å². The molecule has 0 bridgehead atoms. The van der Waals surface area contributed by atoms with Crippen molar-refractivity contribution in [2.24, 2.45) is 0 Å². The maximum Gasteiger partial charge on any atom is 0.326 e. The zero-order chi connectivity index (χ0) is 15.1. The Labute approximate surface area is 123 Å². The van der Waals surface area contributed by atoms with Crippen LogP contribution < -0.4 is 10.2 Å². The number of rotatable bonds is 7. The van der Waals surface area contributed by atoms with E-state index in [0.29, 0.717) is 17.7 Å². The van der Waals surface area contributed by atoms with Crippen LogP contribution in [0.2, 0.25) is 0 Å². The summed E-state index contributed by atoms with van der Waals surface area (Å²) in [5.74, 6) is -0.669. The Kier molecular flexibility index (Phi) is 6.38. The third-order valence-corrected chi connectivity index (χ3v) is 3.50. The lowest BCUT2D eigenvalue weighted by Gasteiger charge is -2.15. The number of carboxylic acids is 1. The minimum absolute atomic E-state index is 0.358. The minimum atomic E-state index is -1.00. The first-order valence-corrected chi connectivity index (χ1v) is 7.65. The number of benzene rings is 1. The first-order valence-electron chi connectivity index (χ1n) is 6.25. The number of aliphatic carboxylic acids is 1. The molecule has 2 N–H and O–H groups in total. The van der Waals surface area contributed by atoms with Crippen molar-refractivity contribution in [3.05, 3.63) is 29.8 Å². The van der Waals surface area contributed by atoms with E-state index in [1.807, 2.05) is 37.4 Å². The van der Waals surface area contributed by atoms with Gasteiger partial charge in [0.1, 0.15) is 6.04 Å². The second kappa shape index (κ2) is 7.79. The van der Waals surface area contributed by atoms with E-state index in [2.05, 4.69) is 5.32 Å². The third kappa shape index (κ3) is 4.77. The predicted molar refractivity (Wildman–Crippen MR) is 82.7 cm³/mol. The quantitative estimate of drug-likeness (QED) is 0.801. The van der Waals surface area contributed by atoms with E-state index in [9.17, 15) is 9.59 Å². The third-order valence-electron chi connectivity index (χ3n) is 2.86. The topological polar surface area (TPSA) is 69.6 Å². The van der Waals surface area contributed by atoms with Crippen molar-refractivity contribution in [3.8, 4) is 0 Å². The summed E-state index contributed by atoms with van der Waals surface area (Å²) in [6, 6.07) is 6.19. The Balaban J connectivity index is 2.70. The van der Waals surface area contributed by atoms with E-state index in [-0.39, 0.29) is 5.91 Å². The molecule has 1 amide bonds. The van der Waals surface area contributed by atoms with Crippen molar-refractivity contribution in [1.29, 1.82) is 0 Å². The molecule has 0 aliphatic rings. The van der Waals surface area contributed by atoms with E-state index in [1.54, 1.807) is 23.9 Å². The summed E-state index contributed by atoms with van der Waals surface area (Å²) in [7, 11) is 3.83. The Morgan fingerprint density at radius 1 is 1.30 bits per heavy atom. The molecule has 5 nitrogen and oxygen atoms in total. The highest BCUT2D eigenvalue weighted by atomic mass is 32.2. The van der Waals surface area contributed by atoms with Crippen molar-refractivity contribution in [3.63, 3.8) is 0 Å². The van der Waals surface area contributed by atoms with Gasteiger partial charge in [0.2, 0.25) is 0 Å². The minimum Gasteiger partial charge on any atom is -0.480 e. The number of nitrogens with zero attached hydrogens (tertiary/aromatic N) is 1. The SMILES string of the molecule is CSCCC(NC(=O)c1ccc(N(C)C)cc1)C(=O)O. The molecule has 0 heterocycles. The molecule has 1 atom stereocenters. The molecule has 0 spiro atoms. The number of hydrogen-bond acceptors (Lipinski definition) is 4. The highest BCUT2D eigenvalue weighted by molar-refractivity contribution is 7.98. The van der Waals surface area contributed by atoms with Crippen LogP contribution in [0.25, 0.3) is 0 Å². The zero-order valence-corrected chi connectivity index (χ0v) is 12.7. The fourth-order valence-corrected chi connectivity index (χ4v) is 2.12. The van der Waals surface area contributed by atoms with Gasteiger partial charge >= 0.3 is 5.97 Å². The van der Waals surface area contributed by atoms with Gasteiger partial charge in [0.25, 0.3) is 5.91 Å². The molecule has 0 saturated carbocycles. The first-order chi connectivity index (χ1) is 9.45. The van der Waals surface area contributed by atoms with Crippen LogP contribution in [0.1, 0.15) is 16.8 Å². The largest absolute Gasteiger partial charge is 0.480 e. The second-order valence-corrected chi connectivity index (χ2v) is 5.57. The lowest BCUT2D eigenvalue weighted by Crippen LogP contribution is -2.41. The Hall–Kier alpha value is -1.69. The van der Waals surface area contributed by atoms with Crippen molar-refractivity contribution < 1.29 is 14.7 Å². The molecule has 0 aliphatic heterocycles. The smallest absolute Gasteiger partial charge is 0.326 e. The van der Waals surface area contributed by atoms with Crippen LogP contribution >= 0.6 is 11.8 Å². The number of carboxylic acid groups (broad SMARTS) is 1. The maximum absolute atomic E-state index is 12.0. The van der Waals surface area contributed by atoms with Crippen LogP contribution in [-0.4, -0.2) is 49.1 Å². The predicted octanol–water partition coefficient (Wildman–Crippen LogP) is 1.69. The number of hydrogen-bond donors (Lipinski definition) is 2. The normalized spacial score (nSPS) is 11.8. The van der Waals surface area contributed by atoms with Gasteiger partial charge in [-0.3, -0.25) is 4.79 Å². The molecule has 110 valence electrons. The summed E-state index contributed by atoms with van der Waals surface area (Å²) < 4.78 is 0. The molecule has 1 rings (SSSR count). The number of nitrogens with one attached hydrogen (secondary N) is 1. The summed E-state index contributed by atoms with van der Waals surface area (Å²) in [4.78, 5) is 25.0. The standard InChI is InChI=1S/C14H20N2O3S/c1-16(2)11-6-4-10(5-7-11)13(17)15-12(14(18)19)8-9-20-3/h4-7,12H,8-9H2,1-3H3,(H,15,17)(H,18,19). The van der Waals surface area contributed by atoms with Gasteiger partial charge in [0.15, 0.2) is 0 Å². The molecule has 0 aliphatic carbocycles. The molecule has 0 fully saturated rings. The van der Waals surface area contributed by atoms with Crippen LogP contribution in [0, 0.1) is 0 Å². The highest BCUT2D eigenvalue weighted by Crippen LogP contribution is 2.12. The molecular weight excluding hydrogens is 276 g/mol. The summed E-state index contributed by atoms with van der Waals surface area (Å²) in [5, 5.41) is 11.6. The number of thioether (sulfide) groups is 1. The van der Waals surface area contributed by atoms with Crippen LogP contribution in [0.15, 0.2) is 24.3 Å². The summed E-state index contributed by atoms with van der Waals surface area (Å²) in [6.45, 7) is 0. The number of anilines is 1. The summed E-state index contributed by atoms with van der Waals surface area (Å²) >= 11 is 1.56. The molecule has 0 aromatic heterocycles. The second-order valence-electron chi connectivity index (χ2n) is 4.59. The van der Waals surface area contributed by atoms with E-state index >= 15 is 0 Å². The van der Waals surface area contributed by atoms with E-state index in [4.69, 9.17) is 5.11 Å². The summed E-state index contributed by atoms with van der Waals surface area (Å²) in [5.41, 5.74) is 1.45. The molecule has 1 aromatic rings. The van der Waals surface area contributed by atoms with Gasteiger partial charge in [0.05, 0.1) is 0 Å². The molecular formula is C14H20N2O3S. The van der Waals surface area contributed by atoms with Crippen LogP contribution in [0.3, 0.4) is 0 Å². The Bertz CT molecular complexity index is 460. The van der Waals surface area contributed by atoms with Gasteiger partial charge in [0, 0.05) is 25.3 Å². The maximum atomic E-state index is 12.0. The average molecular weight is 296 g/mol. The van der Waals surface area contributed by atoms with Gasteiger partial charge in [-0.15, -0.1) is 0 Å². The summed E-state index contributed by atoms with van der Waals surface area (Å²) in [6.07, 6.45) is 2.32. The highest BCUT2D eigenvalue weighted by Gasteiger charge is 2.20. The van der Waals surface area contributed by atoms with Crippen molar-refractivity contribution in [1.82, 2.24) is 5.32 Å². The fraction of sp³-hybridized carbons (Fsp3) is 0.429. The van der Waals surface area contributed by atoms with Gasteiger partial charge in [-0.25, -0.2) is 4.79 Å². The van der Waals surface area contributed by atoms with Crippen LogP contribution in [0.4, 0.5) is 5.69 Å². The Morgan fingerprint density at radius 3 is 2.35 bits per heavy atom. The molecule has 1 unspecified atom stereocenters. The van der Waals surface area contributed by atoms with Gasteiger partial charge in [-0.1, -0.05) is 0 Å². The number of carbonyl (C=O) groups is 2. The van der Waals surface area contributed by atoms with Crippen molar-refractivity contribution >= 4 is 29.3 Å². The molecule has 6 heteroatoms. The van der Waals surface area contributed by atoms with Crippen molar-refractivity contribution in [2.45, 2.75) is 12.5 Å². The average Bonchev–Trinajstić information content (AvgIpc) is 2.42. The van der Waals surface area contributed by atoms with Gasteiger partial charge in [-0.05, 0) is 42.7 Å². The van der Waals surface area contributed by atoms with E-state index in [0.717, 1.165) is 5.69 Å². The van der Waals surface area contributed by atoms with E-state index < -0.39 is 12.0 Å². The monoisotopic (exact) mass is 296 g/mol. The van der Waals surface area contributed by atoms with Crippen LogP contribution in [-0.2, 0) is 4.79 Å². The fourth-order valence-electron chi connectivity index (χ4n) is 1.65. The molecule has 1 aromatic carbocycles. The van der Waals surface area contributed by atoms with Gasteiger partial charge in [-0.2, -0.15) is 11.8 Å². The first kappa shape index (κ1) is 16.4. The lowest BCUT2D eigenvalue weighted by atomic mass is 10.1. The number of carbonyl (C=O) groups excluding carboxylic acids is 1. The Morgan fingerprint density at radius 2 is 1.90 bits per heavy atom. The number of amides is 1. The lowest BCUT2D eigenvalue weighted by molar-refractivity contribution is -0.139.